The first-order chi connectivity index (χ1) is 12.6. The Kier molecular flexibility index (Phi) is 5.12. The van der Waals surface area contributed by atoms with Crippen molar-refractivity contribution in [3.8, 4) is 17.3 Å². The van der Waals surface area contributed by atoms with E-state index in [4.69, 9.17) is 9.47 Å². The SMILES string of the molecule is COc1ccc(C=NNc2cc(-n3nc(C)cc3C)ncn2)cc1OC. The fourth-order valence-electron chi connectivity index (χ4n) is 2.49. The van der Waals surface area contributed by atoms with Crippen LogP contribution in [0.4, 0.5) is 5.82 Å². The highest BCUT2D eigenvalue weighted by molar-refractivity contribution is 5.81. The first kappa shape index (κ1) is 17.4. The highest BCUT2D eigenvalue weighted by Crippen LogP contribution is 2.26. The van der Waals surface area contributed by atoms with Crippen molar-refractivity contribution in [3.63, 3.8) is 0 Å². The molecule has 0 bridgehead atoms. The molecule has 0 amide bonds. The fraction of sp³-hybridized carbons (Fsp3) is 0.222. The zero-order valence-corrected chi connectivity index (χ0v) is 15.1. The molecule has 0 saturated heterocycles. The average Bonchev–Trinajstić information content (AvgIpc) is 3.00. The Morgan fingerprint density at radius 2 is 1.85 bits per heavy atom. The summed E-state index contributed by atoms with van der Waals surface area (Å²) in [5.74, 6) is 2.56. The molecule has 0 atom stereocenters. The molecule has 0 aliphatic heterocycles. The second-order valence-corrected chi connectivity index (χ2v) is 5.58. The summed E-state index contributed by atoms with van der Waals surface area (Å²) in [4.78, 5) is 8.43. The maximum atomic E-state index is 5.28. The number of hydrazone groups is 1. The first-order valence-electron chi connectivity index (χ1n) is 7.97. The van der Waals surface area contributed by atoms with Crippen LogP contribution < -0.4 is 14.9 Å². The van der Waals surface area contributed by atoms with E-state index in [0.717, 1.165) is 17.0 Å². The topological polar surface area (TPSA) is 86.5 Å². The van der Waals surface area contributed by atoms with Gasteiger partial charge in [0.2, 0.25) is 0 Å². The third kappa shape index (κ3) is 3.80. The lowest BCUT2D eigenvalue weighted by atomic mass is 10.2. The van der Waals surface area contributed by atoms with Gasteiger partial charge < -0.3 is 9.47 Å². The largest absolute Gasteiger partial charge is 0.493 e. The van der Waals surface area contributed by atoms with Gasteiger partial charge in [-0.3, -0.25) is 5.43 Å². The molecule has 3 aromatic rings. The number of nitrogens with one attached hydrogen (secondary N) is 1. The second-order valence-electron chi connectivity index (χ2n) is 5.58. The maximum Gasteiger partial charge on any atom is 0.161 e. The summed E-state index contributed by atoms with van der Waals surface area (Å²) < 4.78 is 12.3. The highest BCUT2D eigenvalue weighted by atomic mass is 16.5. The van der Waals surface area contributed by atoms with Crippen LogP contribution in [0.15, 0.2) is 41.8 Å². The van der Waals surface area contributed by atoms with E-state index in [2.05, 4.69) is 25.6 Å². The molecule has 2 aromatic heterocycles. The molecule has 0 fully saturated rings. The van der Waals surface area contributed by atoms with Gasteiger partial charge >= 0.3 is 0 Å². The number of nitrogens with zero attached hydrogens (tertiary/aromatic N) is 5. The molecule has 0 spiro atoms. The van der Waals surface area contributed by atoms with E-state index >= 15 is 0 Å². The van der Waals surface area contributed by atoms with Gasteiger partial charge in [-0.15, -0.1) is 0 Å². The zero-order valence-electron chi connectivity index (χ0n) is 15.1. The molecule has 0 radical (unpaired) electrons. The van der Waals surface area contributed by atoms with Gasteiger partial charge in [0.25, 0.3) is 0 Å². The van der Waals surface area contributed by atoms with Crippen molar-refractivity contribution in [2.24, 2.45) is 5.10 Å². The van der Waals surface area contributed by atoms with E-state index in [1.807, 2.05) is 38.1 Å². The number of aryl methyl sites for hydroxylation is 2. The van der Waals surface area contributed by atoms with E-state index < -0.39 is 0 Å². The third-order valence-electron chi connectivity index (χ3n) is 3.68. The van der Waals surface area contributed by atoms with Gasteiger partial charge in [-0.05, 0) is 43.7 Å². The van der Waals surface area contributed by atoms with Crippen molar-refractivity contribution in [2.45, 2.75) is 13.8 Å². The van der Waals surface area contributed by atoms with E-state index in [1.54, 1.807) is 31.2 Å². The molecule has 0 aliphatic rings. The number of anilines is 1. The molecular weight excluding hydrogens is 332 g/mol. The van der Waals surface area contributed by atoms with Crippen molar-refractivity contribution >= 4 is 12.0 Å². The Hall–Kier alpha value is -3.42. The Bertz CT molecular complexity index is 935. The minimum absolute atomic E-state index is 0.569. The molecule has 8 nitrogen and oxygen atoms in total. The summed E-state index contributed by atoms with van der Waals surface area (Å²) in [6, 6.07) is 9.32. The monoisotopic (exact) mass is 352 g/mol. The van der Waals surface area contributed by atoms with Gasteiger partial charge in [0, 0.05) is 11.8 Å². The standard InChI is InChI=1S/C18H20N6O2/c1-12-7-13(2)24(23-12)18-9-17(19-11-20-18)22-21-10-14-5-6-15(25-3)16(8-14)26-4/h5-11H,1-4H3,(H,19,20,22). The molecule has 1 aromatic carbocycles. The van der Waals surface area contributed by atoms with Crippen LogP contribution in [0.5, 0.6) is 11.5 Å². The van der Waals surface area contributed by atoms with Gasteiger partial charge in [-0.25, -0.2) is 14.6 Å². The van der Waals surface area contributed by atoms with Crippen LogP contribution in [0, 0.1) is 13.8 Å². The van der Waals surface area contributed by atoms with Gasteiger partial charge in [-0.1, -0.05) is 0 Å². The molecule has 0 unspecified atom stereocenters. The Balaban J connectivity index is 1.75. The fourth-order valence-corrected chi connectivity index (χ4v) is 2.49. The summed E-state index contributed by atoms with van der Waals surface area (Å²) in [6.45, 7) is 3.92. The summed E-state index contributed by atoms with van der Waals surface area (Å²) in [6.07, 6.45) is 3.15. The molecule has 26 heavy (non-hydrogen) atoms. The molecule has 1 N–H and O–H groups in total. The van der Waals surface area contributed by atoms with E-state index in [9.17, 15) is 0 Å². The van der Waals surface area contributed by atoms with Crippen molar-refractivity contribution in [1.29, 1.82) is 0 Å². The number of methoxy groups -OCH3 is 2. The van der Waals surface area contributed by atoms with E-state index in [1.165, 1.54) is 6.33 Å². The smallest absolute Gasteiger partial charge is 0.161 e. The number of hydrogen-bond donors (Lipinski definition) is 1. The number of rotatable bonds is 6. The quantitative estimate of drug-likeness (QED) is 0.542. The van der Waals surface area contributed by atoms with Crippen molar-refractivity contribution in [3.05, 3.63) is 53.6 Å². The normalized spacial score (nSPS) is 10.9. The number of ether oxygens (including phenoxy) is 2. The van der Waals surface area contributed by atoms with Crippen LogP contribution in [0.2, 0.25) is 0 Å². The molecule has 3 rings (SSSR count). The lowest BCUT2D eigenvalue weighted by molar-refractivity contribution is 0.355. The van der Waals surface area contributed by atoms with Gasteiger partial charge in [-0.2, -0.15) is 10.2 Å². The Morgan fingerprint density at radius 3 is 2.54 bits per heavy atom. The Morgan fingerprint density at radius 1 is 1.04 bits per heavy atom. The van der Waals surface area contributed by atoms with Crippen molar-refractivity contribution < 1.29 is 9.47 Å². The molecule has 2 heterocycles. The maximum absolute atomic E-state index is 5.28. The highest BCUT2D eigenvalue weighted by Gasteiger charge is 2.06. The lowest BCUT2D eigenvalue weighted by Gasteiger charge is -2.07. The van der Waals surface area contributed by atoms with Crippen LogP contribution in [0.25, 0.3) is 5.82 Å². The van der Waals surface area contributed by atoms with Crippen LogP contribution in [-0.2, 0) is 0 Å². The van der Waals surface area contributed by atoms with Gasteiger partial charge in [0.15, 0.2) is 23.1 Å². The predicted molar refractivity (Wildman–Crippen MR) is 99.4 cm³/mol. The lowest BCUT2D eigenvalue weighted by Crippen LogP contribution is -2.04. The number of hydrogen-bond acceptors (Lipinski definition) is 7. The number of benzene rings is 1. The molecule has 0 saturated carbocycles. The second kappa shape index (κ2) is 7.64. The minimum atomic E-state index is 0.569. The van der Waals surface area contributed by atoms with Crippen LogP contribution in [0.1, 0.15) is 17.0 Å². The Labute approximate surface area is 151 Å². The van der Waals surface area contributed by atoms with Crippen molar-refractivity contribution in [1.82, 2.24) is 19.7 Å². The third-order valence-corrected chi connectivity index (χ3v) is 3.68. The molecule has 0 aliphatic carbocycles. The van der Waals surface area contributed by atoms with Gasteiger partial charge in [0.1, 0.15) is 6.33 Å². The average molecular weight is 352 g/mol. The summed E-state index contributed by atoms with van der Waals surface area (Å²) >= 11 is 0. The molecule has 8 heteroatoms. The van der Waals surface area contributed by atoms with E-state index in [0.29, 0.717) is 23.1 Å². The zero-order chi connectivity index (χ0) is 18.5. The van der Waals surface area contributed by atoms with Crippen LogP contribution in [-0.4, -0.2) is 40.2 Å². The van der Waals surface area contributed by atoms with Crippen molar-refractivity contribution in [2.75, 3.05) is 19.6 Å². The summed E-state index contributed by atoms with van der Waals surface area (Å²) in [5, 5.41) is 8.63. The molecular formula is C18H20N6O2. The number of aromatic nitrogens is 4. The predicted octanol–water partition coefficient (Wildman–Crippen LogP) is 2.74. The van der Waals surface area contributed by atoms with E-state index in [-0.39, 0.29) is 0 Å². The minimum Gasteiger partial charge on any atom is -0.493 e. The van der Waals surface area contributed by atoms with Gasteiger partial charge in [0.05, 0.1) is 26.1 Å². The summed E-state index contributed by atoms with van der Waals surface area (Å²) in [5.41, 5.74) is 5.70. The van der Waals surface area contributed by atoms with Crippen LogP contribution >= 0.6 is 0 Å². The first-order valence-corrected chi connectivity index (χ1v) is 7.97. The van der Waals surface area contributed by atoms with Crippen LogP contribution in [0.3, 0.4) is 0 Å². The summed E-state index contributed by atoms with van der Waals surface area (Å²) in [7, 11) is 3.20. The molecule has 134 valence electrons.